The summed E-state index contributed by atoms with van der Waals surface area (Å²) in [4.78, 5) is 24.2. The molecule has 1 aromatic heterocycles. The van der Waals surface area contributed by atoms with Crippen molar-refractivity contribution in [3.8, 4) is 0 Å². The first kappa shape index (κ1) is 17.2. The lowest BCUT2D eigenvalue weighted by Crippen LogP contribution is -2.46. The minimum atomic E-state index is -3.09. The van der Waals surface area contributed by atoms with Gasteiger partial charge in [0, 0.05) is 11.3 Å². The van der Waals surface area contributed by atoms with Crippen molar-refractivity contribution in [2.45, 2.75) is 18.9 Å². The molecule has 1 fully saturated rings. The molecule has 1 atom stereocenters. The first-order valence-electron chi connectivity index (χ1n) is 7.74. The van der Waals surface area contributed by atoms with E-state index < -0.39 is 15.4 Å². The van der Waals surface area contributed by atoms with E-state index in [4.69, 9.17) is 4.42 Å². The summed E-state index contributed by atoms with van der Waals surface area (Å²) in [6.45, 7) is 1.73. The lowest BCUT2D eigenvalue weighted by Gasteiger charge is -2.23. The lowest BCUT2D eigenvalue weighted by molar-refractivity contribution is 0.0915. The first-order chi connectivity index (χ1) is 11.8. The van der Waals surface area contributed by atoms with E-state index in [1.165, 1.54) is 6.26 Å². The summed E-state index contributed by atoms with van der Waals surface area (Å²) in [5.41, 5.74) is 0.163. The molecular weight excluding hydrogens is 344 g/mol. The fourth-order valence-corrected chi connectivity index (χ4v) is 4.85. The number of furan rings is 1. The third-order valence-electron chi connectivity index (χ3n) is 4.07. The fourth-order valence-electron chi connectivity index (χ4n) is 2.76. The van der Waals surface area contributed by atoms with Crippen molar-refractivity contribution in [1.29, 1.82) is 0 Å². The molecule has 0 aliphatic carbocycles. The van der Waals surface area contributed by atoms with Crippen molar-refractivity contribution in [3.05, 3.63) is 54.0 Å². The van der Waals surface area contributed by atoms with Gasteiger partial charge >= 0.3 is 0 Å². The molecule has 8 heteroatoms. The van der Waals surface area contributed by atoms with E-state index in [0.29, 0.717) is 17.7 Å². The monoisotopic (exact) mass is 362 g/mol. The maximum Gasteiger partial charge on any atom is 0.291 e. The van der Waals surface area contributed by atoms with E-state index in [2.05, 4.69) is 10.6 Å². The Bertz CT molecular complexity index is 888. The van der Waals surface area contributed by atoms with Crippen LogP contribution in [0.3, 0.4) is 0 Å². The standard InChI is InChI=1S/C17H18N2O5S/c1-17(8-10-25(22,23)11-17)19-15(20)12-4-6-13(7-5-12)18-16(21)14-3-2-9-24-14/h2-7,9H,8,10-11H2,1H3,(H,18,21)(H,19,20)/t17-/m1/s1. The number of amides is 2. The predicted molar refractivity (Wildman–Crippen MR) is 92.2 cm³/mol. The number of sulfone groups is 1. The molecule has 7 nitrogen and oxygen atoms in total. The van der Waals surface area contributed by atoms with Crippen molar-refractivity contribution in [3.63, 3.8) is 0 Å². The Morgan fingerprint density at radius 1 is 1.12 bits per heavy atom. The minimum absolute atomic E-state index is 0.0526. The van der Waals surface area contributed by atoms with E-state index >= 15 is 0 Å². The fraction of sp³-hybridized carbons (Fsp3) is 0.294. The van der Waals surface area contributed by atoms with Gasteiger partial charge in [0.1, 0.15) is 0 Å². The molecule has 2 aromatic rings. The molecule has 132 valence electrons. The number of nitrogens with one attached hydrogen (secondary N) is 2. The van der Waals surface area contributed by atoms with E-state index in [0.717, 1.165) is 0 Å². The number of anilines is 1. The number of hydrogen-bond acceptors (Lipinski definition) is 5. The van der Waals surface area contributed by atoms with Gasteiger partial charge in [-0.25, -0.2) is 8.42 Å². The Hall–Kier alpha value is -2.61. The number of hydrogen-bond donors (Lipinski definition) is 2. The first-order valence-corrected chi connectivity index (χ1v) is 9.56. The van der Waals surface area contributed by atoms with E-state index in [-0.39, 0.29) is 29.1 Å². The van der Waals surface area contributed by atoms with Crippen LogP contribution in [0.4, 0.5) is 5.69 Å². The van der Waals surface area contributed by atoms with Gasteiger partial charge in [-0.05, 0) is 49.7 Å². The molecule has 0 radical (unpaired) electrons. The summed E-state index contributed by atoms with van der Waals surface area (Å²) in [7, 11) is -3.09. The average Bonchev–Trinajstić information content (AvgIpc) is 3.16. The van der Waals surface area contributed by atoms with Crippen molar-refractivity contribution < 1.29 is 22.4 Å². The molecule has 3 rings (SSSR count). The Labute approximate surface area is 145 Å². The Balaban J connectivity index is 1.64. The maximum absolute atomic E-state index is 12.3. The van der Waals surface area contributed by atoms with Crippen molar-refractivity contribution in [2.24, 2.45) is 0 Å². The second-order valence-electron chi connectivity index (χ2n) is 6.37. The van der Waals surface area contributed by atoms with Crippen molar-refractivity contribution in [1.82, 2.24) is 5.32 Å². The highest BCUT2D eigenvalue weighted by molar-refractivity contribution is 7.91. The topological polar surface area (TPSA) is 105 Å². The molecule has 25 heavy (non-hydrogen) atoms. The SMILES string of the molecule is C[C@@]1(NC(=O)c2ccc(NC(=O)c3ccco3)cc2)CCS(=O)(=O)C1. The smallest absolute Gasteiger partial charge is 0.291 e. The molecule has 1 saturated heterocycles. The summed E-state index contributed by atoms with van der Waals surface area (Å²) >= 11 is 0. The molecule has 2 amide bonds. The summed E-state index contributed by atoms with van der Waals surface area (Å²) in [6, 6.07) is 9.51. The van der Waals surface area contributed by atoms with E-state index in [1.807, 2.05) is 0 Å². The molecule has 1 aliphatic heterocycles. The average molecular weight is 362 g/mol. The van der Waals surface area contributed by atoms with Crippen molar-refractivity contribution >= 4 is 27.3 Å². The van der Waals surface area contributed by atoms with Gasteiger partial charge in [0.25, 0.3) is 11.8 Å². The highest BCUT2D eigenvalue weighted by Crippen LogP contribution is 2.23. The highest BCUT2D eigenvalue weighted by atomic mass is 32.2. The number of carbonyl (C=O) groups excluding carboxylic acids is 2. The zero-order valence-corrected chi connectivity index (χ0v) is 14.4. The number of rotatable bonds is 4. The van der Waals surface area contributed by atoms with Crippen LogP contribution in [0.5, 0.6) is 0 Å². The van der Waals surface area contributed by atoms with Gasteiger partial charge in [0.05, 0.1) is 23.3 Å². The molecule has 2 N–H and O–H groups in total. The summed E-state index contributed by atoms with van der Waals surface area (Å²) in [5, 5.41) is 5.45. The van der Waals surface area contributed by atoms with Crippen LogP contribution < -0.4 is 10.6 Å². The maximum atomic E-state index is 12.3. The molecule has 0 bridgehead atoms. The Morgan fingerprint density at radius 3 is 2.40 bits per heavy atom. The molecule has 0 spiro atoms. The summed E-state index contributed by atoms with van der Waals surface area (Å²) < 4.78 is 28.2. The van der Waals surface area contributed by atoms with Gasteiger partial charge in [-0.1, -0.05) is 0 Å². The zero-order valence-electron chi connectivity index (χ0n) is 13.6. The van der Waals surface area contributed by atoms with Gasteiger partial charge in [-0.3, -0.25) is 9.59 Å². The van der Waals surface area contributed by atoms with Crippen LogP contribution >= 0.6 is 0 Å². The lowest BCUT2D eigenvalue weighted by atomic mass is 10.0. The van der Waals surface area contributed by atoms with Gasteiger partial charge < -0.3 is 15.1 Å². The molecule has 1 aromatic carbocycles. The van der Waals surface area contributed by atoms with Crippen LogP contribution in [-0.4, -0.2) is 37.3 Å². The molecule has 2 heterocycles. The van der Waals surface area contributed by atoms with Gasteiger partial charge in [-0.15, -0.1) is 0 Å². The largest absolute Gasteiger partial charge is 0.459 e. The van der Waals surface area contributed by atoms with Crippen LogP contribution in [0.25, 0.3) is 0 Å². The van der Waals surface area contributed by atoms with Crippen LogP contribution in [-0.2, 0) is 9.84 Å². The Kier molecular flexibility index (Phi) is 4.38. The Morgan fingerprint density at radius 2 is 1.84 bits per heavy atom. The predicted octanol–water partition coefficient (Wildman–Crippen LogP) is 1.84. The number of benzene rings is 1. The van der Waals surface area contributed by atoms with Gasteiger partial charge in [-0.2, -0.15) is 0 Å². The summed E-state index contributed by atoms with van der Waals surface area (Å²) in [5.74, 6) is -0.503. The quantitative estimate of drug-likeness (QED) is 0.863. The third kappa shape index (κ3) is 4.08. The second kappa shape index (κ2) is 6.36. The summed E-state index contributed by atoms with van der Waals surface area (Å²) in [6.07, 6.45) is 1.81. The zero-order chi connectivity index (χ0) is 18.1. The second-order valence-corrected chi connectivity index (χ2v) is 8.55. The van der Waals surface area contributed by atoms with Gasteiger partial charge in [0.2, 0.25) is 0 Å². The number of carbonyl (C=O) groups is 2. The molecule has 1 aliphatic rings. The molecule has 0 unspecified atom stereocenters. The highest BCUT2D eigenvalue weighted by Gasteiger charge is 2.39. The normalized spacial score (nSPS) is 21.6. The van der Waals surface area contributed by atoms with Crippen molar-refractivity contribution in [2.75, 3.05) is 16.8 Å². The van der Waals surface area contributed by atoms with E-state index in [1.54, 1.807) is 43.3 Å². The van der Waals surface area contributed by atoms with Crippen LogP contribution in [0.1, 0.15) is 34.3 Å². The van der Waals surface area contributed by atoms with Crippen LogP contribution in [0.2, 0.25) is 0 Å². The van der Waals surface area contributed by atoms with E-state index in [9.17, 15) is 18.0 Å². The molecular formula is C17H18N2O5S. The van der Waals surface area contributed by atoms with Crippen LogP contribution in [0.15, 0.2) is 47.1 Å². The molecule has 0 saturated carbocycles. The minimum Gasteiger partial charge on any atom is -0.459 e. The van der Waals surface area contributed by atoms with Crippen LogP contribution in [0, 0.1) is 0 Å². The third-order valence-corrected chi connectivity index (χ3v) is 5.97. The van der Waals surface area contributed by atoms with Gasteiger partial charge in [0.15, 0.2) is 15.6 Å².